The molecule has 0 fully saturated rings. The summed E-state index contributed by atoms with van der Waals surface area (Å²) >= 11 is 7.12. The summed E-state index contributed by atoms with van der Waals surface area (Å²) in [6.45, 7) is 0. The van der Waals surface area contributed by atoms with Crippen LogP contribution in [0.4, 0.5) is 0 Å². The van der Waals surface area contributed by atoms with Crippen LogP contribution >= 0.6 is 67.8 Å². The Labute approximate surface area is 93.7 Å². The van der Waals surface area contributed by atoms with E-state index < -0.39 is 0 Å². The van der Waals surface area contributed by atoms with Gasteiger partial charge in [-0.2, -0.15) is 0 Å². The van der Waals surface area contributed by atoms with Crippen molar-refractivity contribution in [1.82, 2.24) is 0 Å². The van der Waals surface area contributed by atoms with Gasteiger partial charge in [0.1, 0.15) is 14.6 Å². The van der Waals surface area contributed by atoms with Gasteiger partial charge in [0.25, 0.3) is 0 Å². The SMILES string of the molecule is [SiH3]OC(I)C(I)CI. The third-order valence-electron chi connectivity index (χ3n) is 0.657. The predicted molar refractivity (Wildman–Crippen MR) is 65.5 cm³/mol. The maximum absolute atomic E-state index is 5.22. The zero-order valence-electron chi connectivity index (χ0n) is 4.40. The fraction of sp³-hybridized carbons (Fsp3) is 1.00. The summed E-state index contributed by atoms with van der Waals surface area (Å²) in [6.07, 6.45) is 0. The minimum atomic E-state index is 0.428. The molecule has 2 atom stereocenters. The Balaban J connectivity index is 3.29. The molecule has 0 rings (SSSR count). The van der Waals surface area contributed by atoms with E-state index in [4.69, 9.17) is 4.43 Å². The molecule has 8 heavy (non-hydrogen) atoms. The Morgan fingerprint density at radius 2 is 2.00 bits per heavy atom. The lowest BCUT2D eigenvalue weighted by Crippen LogP contribution is -2.16. The van der Waals surface area contributed by atoms with Gasteiger partial charge in [-0.15, -0.1) is 0 Å². The van der Waals surface area contributed by atoms with Crippen LogP contribution in [0.3, 0.4) is 0 Å². The molecule has 5 heteroatoms. The van der Waals surface area contributed by atoms with Crippen LogP contribution < -0.4 is 0 Å². The topological polar surface area (TPSA) is 9.23 Å². The summed E-state index contributed by atoms with van der Waals surface area (Å²) < 4.78 is 7.49. The number of alkyl halides is 3. The Bertz CT molecular complexity index is 54.5. The van der Waals surface area contributed by atoms with E-state index in [1.54, 1.807) is 0 Å². The van der Waals surface area contributed by atoms with Gasteiger partial charge < -0.3 is 4.43 Å². The lowest BCUT2D eigenvalue weighted by atomic mass is 10.5. The summed E-state index contributed by atoms with van der Waals surface area (Å²) in [5.74, 6) is 0. The van der Waals surface area contributed by atoms with Gasteiger partial charge in [0.05, 0.1) is 3.92 Å². The zero-order chi connectivity index (χ0) is 6.57. The lowest BCUT2D eigenvalue weighted by molar-refractivity contribution is 0.341. The molecule has 0 saturated carbocycles. The van der Waals surface area contributed by atoms with E-state index in [-0.39, 0.29) is 0 Å². The fourth-order valence-corrected chi connectivity index (χ4v) is 3.08. The van der Waals surface area contributed by atoms with Crippen LogP contribution in [0, 0.1) is 0 Å². The van der Waals surface area contributed by atoms with E-state index in [9.17, 15) is 0 Å². The van der Waals surface area contributed by atoms with E-state index >= 15 is 0 Å². The van der Waals surface area contributed by atoms with Gasteiger partial charge in [-0.25, -0.2) is 0 Å². The predicted octanol–water partition coefficient (Wildman–Crippen LogP) is 1.28. The van der Waals surface area contributed by atoms with Crippen molar-refractivity contribution in [1.29, 1.82) is 0 Å². The third-order valence-corrected chi connectivity index (χ3v) is 8.60. The Morgan fingerprint density at radius 1 is 1.50 bits per heavy atom. The Kier molecular flexibility index (Phi) is 7.91. The minimum Gasteiger partial charge on any atom is -0.415 e. The van der Waals surface area contributed by atoms with E-state index in [0.717, 1.165) is 10.5 Å². The standard InChI is InChI=1S/C3H7I3OSi/c4-1-2(5)3(6)7-8/h2-3H,1H2,8H3. The van der Waals surface area contributed by atoms with Gasteiger partial charge in [-0.05, 0) is 0 Å². The molecule has 1 nitrogen and oxygen atoms in total. The highest BCUT2D eigenvalue weighted by Gasteiger charge is 2.10. The highest BCUT2D eigenvalue weighted by Crippen LogP contribution is 2.17. The average Bonchev–Trinajstić information content (AvgIpc) is 1.84. The molecule has 0 N–H and O–H groups in total. The molecule has 0 aliphatic carbocycles. The molecular weight excluding hydrogens is 461 g/mol. The number of hydrogen-bond donors (Lipinski definition) is 0. The molecule has 2 unspecified atom stereocenters. The molecule has 0 bridgehead atoms. The van der Waals surface area contributed by atoms with Crippen LogP contribution in [0.2, 0.25) is 0 Å². The first kappa shape index (κ1) is 10.4. The van der Waals surface area contributed by atoms with Crippen molar-refractivity contribution in [2.24, 2.45) is 0 Å². The van der Waals surface area contributed by atoms with Crippen molar-refractivity contribution >= 4 is 78.3 Å². The van der Waals surface area contributed by atoms with E-state index in [2.05, 4.69) is 67.8 Å². The van der Waals surface area contributed by atoms with Crippen LogP contribution in [0.1, 0.15) is 0 Å². The second-order valence-corrected chi connectivity index (χ2v) is 5.44. The molecule has 0 heterocycles. The Morgan fingerprint density at radius 3 is 2.12 bits per heavy atom. The largest absolute Gasteiger partial charge is 0.415 e. The van der Waals surface area contributed by atoms with Gasteiger partial charge in [-0.3, -0.25) is 0 Å². The highest BCUT2D eigenvalue weighted by atomic mass is 127. The minimum absolute atomic E-state index is 0.428. The van der Waals surface area contributed by atoms with Gasteiger partial charge in [-0.1, -0.05) is 67.8 Å². The molecule has 0 saturated heterocycles. The first-order chi connectivity index (χ1) is 3.72. The second-order valence-electron chi connectivity index (χ2n) is 1.26. The molecule has 0 amide bonds. The van der Waals surface area contributed by atoms with Crippen molar-refractivity contribution in [3.8, 4) is 0 Å². The Hall–Kier alpha value is 2.37. The molecule has 0 aromatic carbocycles. The average molecular weight is 468 g/mol. The van der Waals surface area contributed by atoms with Crippen LogP contribution in [0.25, 0.3) is 0 Å². The summed E-state index contributed by atoms with van der Waals surface area (Å²) in [5.41, 5.74) is 0. The van der Waals surface area contributed by atoms with Crippen molar-refractivity contribution in [2.75, 3.05) is 4.43 Å². The maximum Gasteiger partial charge on any atom is 0.147 e. The second kappa shape index (κ2) is 6.10. The molecular formula is C3H7I3OSi. The maximum atomic E-state index is 5.22. The zero-order valence-corrected chi connectivity index (χ0v) is 12.9. The van der Waals surface area contributed by atoms with E-state index in [0.29, 0.717) is 8.04 Å². The summed E-state index contributed by atoms with van der Waals surface area (Å²) in [7, 11) is 0.860. The number of rotatable bonds is 3. The summed E-state index contributed by atoms with van der Waals surface area (Å²) in [5, 5.41) is 0. The smallest absolute Gasteiger partial charge is 0.147 e. The summed E-state index contributed by atoms with van der Waals surface area (Å²) in [6, 6.07) is 0. The first-order valence-corrected chi connectivity index (χ1v) is 6.92. The van der Waals surface area contributed by atoms with Crippen LogP contribution in [0.15, 0.2) is 0 Å². The van der Waals surface area contributed by atoms with Gasteiger partial charge in [0, 0.05) is 4.43 Å². The first-order valence-electron chi connectivity index (χ1n) is 2.09. The molecule has 0 aliphatic rings. The number of hydrogen-bond acceptors (Lipinski definition) is 1. The molecule has 50 valence electrons. The van der Waals surface area contributed by atoms with Gasteiger partial charge >= 0.3 is 0 Å². The monoisotopic (exact) mass is 468 g/mol. The van der Waals surface area contributed by atoms with Gasteiger partial charge in [0.2, 0.25) is 0 Å². The highest BCUT2D eigenvalue weighted by molar-refractivity contribution is 14.1. The third kappa shape index (κ3) is 4.23. The molecule has 0 radical (unpaired) electrons. The molecule has 0 aromatic heterocycles. The number of halogens is 3. The van der Waals surface area contributed by atoms with Crippen LogP contribution in [-0.4, -0.2) is 22.9 Å². The van der Waals surface area contributed by atoms with Crippen molar-refractivity contribution in [3.63, 3.8) is 0 Å². The quantitative estimate of drug-likeness (QED) is 0.345. The normalized spacial score (nSPS) is 18.4. The van der Waals surface area contributed by atoms with E-state index in [1.807, 2.05) is 0 Å². The molecule has 0 aliphatic heterocycles. The summed E-state index contributed by atoms with van der Waals surface area (Å²) in [4.78, 5) is 0. The van der Waals surface area contributed by atoms with Crippen molar-refractivity contribution in [2.45, 2.75) is 8.04 Å². The lowest BCUT2D eigenvalue weighted by Gasteiger charge is -2.11. The van der Waals surface area contributed by atoms with Gasteiger partial charge in [0.15, 0.2) is 0 Å². The molecule has 0 spiro atoms. The fourth-order valence-electron chi connectivity index (χ4n) is 0.218. The molecule has 0 aromatic rings. The van der Waals surface area contributed by atoms with E-state index in [1.165, 1.54) is 4.43 Å². The van der Waals surface area contributed by atoms with Crippen LogP contribution in [-0.2, 0) is 4.43 Å². The van der Waals surface area contributed by atoms with Crippen LogP contribution in [0.5, 0.6) is 0 Å². The van der Waals surface area contributed by atoms with Crippen molar-refractivity contribution < 1.29 is 4.43 Å². The van der Waals surface area contributed by atoms with Crippen molar-refractivity contribution in [3.05, 3.63) is 0 Å².